The Morgan fingerprint density at radius 1 is 1.23 bits per heavy atom. The van der Waals surface area contributed by atoms with E-state index in [1.807, 2.05) is 18.2 Å². The van der Waals surface area contributed by atoms with E-state index in [0.29, 0.717) is 18.0 Å². The maximum absolute atomic E-state index is 10.6. The summed E-state index contributed by atoms with van der Waals surface area (Å²) >= 11 is 1.36. The lowest BCUT2D eigenvalue weighted by Gasteiger charge is -2.12. The van der Waals surface area contributed by atoms with Gasteiger partial charge in [-0.05, 0) is 24.6 Å². The molecule has 0 unspecified atom stereocenters. The molecule has 0 spiro atoms. The van der Waals surface area contributed by atoms with Crippen molar-refractivity contribution in [3.63, 3.8) is 0 Å². The first-order valence-corrected chi connectivity index (χ1v) is 9.09. The molecule has 0 atom stereocenters. The Kier molecular flexibility index (Phi) is 9.55. The maximum Gasteiger partial charge on any atom is 0.313 e. The molecule has 0 aromatic heterocycles. The molecule has 0 fully saturated rings. The number of rotatable bonds is 12. The molecule has 0 aliphatic rings. The third-order valence-electron chi connectivity index (χ3n) is 3.32. The number of hydrogen-bond acceptors (Lipinski definition) is 4. The van der Waals surface area contributed by atoms with Crippen LogP contribution in [-0.2, 0) is 10.5 Å². The van der Waals surface area contributed by atoms with Crippen LogP contribution in [0.15, 0.2) is 18.2 Å². The highest BCUT2D eigenvalue weighted by atomic mass is 32.2. The Morgan fingerprint density at radius 3 is 2.68 bits per heavy atom. The monoisotopic (exact) mass is 325 g/mol. The normalized spacial score (nSPS) is 10.6. The lowest BCUT2D eigenvalue weighted by Crippen LogP contribution is -2.02. The molecule has 0 saturated heterocycles. The van der Waals surface area contributed by atoms with E-state index in [1.54, 1.807) is 0 Å². The lowest BCUT2D eigenvalue weighted by molar-refractivity contribution is -0.133. The zero-order chi connectivity index (χ0) is 16.2. The third kappa shape index (κ3) is 8.17. The van der Waals surface area contributed by atoms with E-state index in [9.17, 15) is 4.79 Å². The second-order valence-corrected chi connectivity index (χ2v) is 6.36. The van der Waals surface area contributed by atoms with E-state index in [2.05, 4.69) is 6.92 Å². The van der Waals surface area contributed by atoms with Gasteiger partial charge in [-0.3, -0.25) is 4.79 Å². The zero-order valence-electron chi connectivity index (χ0n) is 13.3. The first-order valence-electron chi connectivity index (χ1n) is 7.94. The van der Waals surface area contributed by atoms with Gasteiger partial charge in [0.2, 0.25) is 0 Å². The second-order valence-electron chi connectivity index (χ2n) is 5.37. The molecule has 0 aliphatic carbocycles. The molecular weight excluding hydrogens is 298 g/mol. The highest BCUT2D eigenvalue weighted by Gasteiger charge is 2.06. The summed E-state index contributed by atoms with van der Waals surface area (Å²) in [4.78, 5) is 10.6. The average Bonchev–Trinajstić information content (AvgIpc) is 2.48. The Labute approximate surface area is 137 Å². The van der Waals surface area contributed by atoms with E-state index in [4.69, 9.17) is 15.6 Å². The zero-order valence-corrected chi connectivity index (χ0v) is 14.2. The largest absolute Gasteiger partial charge is 0.493 e. The van der Waals surface area contributed by atoms with Crippen LogP contribution in [0.2, 0.25) is 0 Å². The molecule has 5 heteroatoms. The van der Waals surface area contributed by atoms with Gasteiger partial charge >= 0.3 is 5.97 Å². The number of ether oxygens (including phenoxy) is 1. The van der Waals surface area contributed by atoms with Gasteiger partial charge in [0.05, 0.1) is 12.4 Å². The molecule has 0 heterocycles. The van der Waals surface area contributed by atoms with Crippen LogP contribution in [0.25, 0.3) is 0 Å². The summed E-state index contributed by atoms with van der Waals surface area (Å²) in [5, 5.41) is 8.70. The molecule has 1 aromatic carbocycles. The first-order chi connectivity index (χ1) is 10.6. The fraction of sp³-hybridized carbons (Fsp3) is 0.588. The fourth-order valence-electron chi connectivity index (χ4n) is 2.17. The molecular formula is C17H27NO3S. The highest BCUT2D eigenvalue weighted by Crippen LogP contribution is 2.26. The maximum atomic E-state index is 10.6. The summed E-state index contributed by atoms with van der Waals surface area (Å²) < 4.78 is 5.84. The van der Waals surface area contributed by atoms with Crippen molar-refractivity contribution in [2.24, 2.45) is 0 Å². The second kappa shape index (κ2) is 11.2. The van der Waals surface area contributed by atoms with Crippen LogP contribution in [0.5, 0.6) is 5.75 Å². The quantitative estimate of drug-likeness (QED) is 0.442. The van der Waals surface area contributed by atoms with Crippen LogP contribution in [0.1, 0.15) is 51.0 Å². The number of benzene rings is 1. The Morgan fingerprint density at radius 2 is 1.95 bits per heavy atom. The number of nitrogens with two attached hydrogens (primary N) is 1. The fourth-order valence-corrected chi connectivity index (χ4v) is 2.89. The summed E-state index contributed by atoms with van der Waals surface area (Å²) in [6.07, 6.45) is 7.38. The van der Waals surface area contributed by atoms with Crippen molar-refractivity contribution in [3.8, 4) is 5.75 Å². The van der Waals surface area contributed by atoms with Crippen LogP contribution in [-0.4, -0.2) is 23.4 Å². The average molecular weight is 325 g/mol. The summed E-state index contributed by atoms with van der Waals surface area (Å²) in [6.45, 7) is 2.92. The minimum atomic E-state index is -0.802. The molecule has 0 aliphatic heterocycles. The third-order valence-corrected chi connectivity index (χ3v) is 4.29. The van der Waals surface area contributed by atoms with Gasteiger partial charge in [-0.15, -0.1) is 11.8 Å². The molecule has 1 rings (SSSR count). The number of nitrogen functional groups attached to an aromatic ring is 1. The van der Waals surface area contributed by atoms with Crippen molar-refractivity contribution in [2.45, 2.75) is 51.2 Å². The van der Waals surface area contributed by atoms with Crippen LogP contribution in [0.3, 0.4) is 0 Å². The van der Waals surface area contributed by atoms with Gasteiger partial charge in [-0.25, -0.2) is 0 Å². The summed E-state index contributed by atoms with van der Waals surface area (Å²) in [5.41, 5.74) is 7.45. The van der Waals surface area contributed by atoms with Crippen molar-refractivity contribution in [2.75, 3.05) is 18.1 Å². The number of unbranched alkanes of at least 4 members (excludes halogenated alkanes) is 5. The molecule has 0 amide bonds. The van der Waals surface area contributed by atoms with Gasteiger partial charge in [-0.1, -0.05) is 39.0 Å². The van der Waals surface area contributed by atoms with Crippen LogP contribution < -0.4 is 10.5 Å². The van der Waals surface area contributed by atoms with Gasteiger partial charge in [0.1, 0.15) is 5.75 Å². The Bertz CT molecular complexity index is 452. The van der Waals surface area contributed by atoms with Gasteiger partial charge in [0, 0.05) is 17.0 Å². The smallest absolute Gasteiger partial charge is 0.313 e. The molecule has 0 bridgehead atoms. The minimum absolute atomic E-state index is 0.0890. The molecule has 3 N–H and O–H groups in total. The van der Waals surface area contributed by atoms with E-state index >= 15 is 0 Å². The molecule has 1 aromatic rings. The lowest BCUT2D eigenvalue weighted by atomic mass is 10.1. The van der Waals surface area contributed by atoms with Crippen LogP contribution in [0.4, 0.5) is 5.69 Å². The van der Waals surface area contributed by atoms with E-state index in [0.717, 1.165) is 17.7 Å². The molecule has 124 valence electrons. The van der Waals surface area contributed by atoms with Crippen molar-refractivity contribution >= 4 is 23.4 Å². The van der Waals surface area contributed by atoms with E-state index in [1.165, 1.54) is 43.9 Å². The van der Waals surface area contributed by atoms with E-state index < -0.39 is 5.97 Å². The number of hydrogen-bond donors (Lipinski definition) is 2. The molecule has 22 heavy (non-hydrogen) atoms. The SMILES string of the molecule is CCCCCCCCOc1ccc(N)cc1CSCC(=O)O. The number of carbonyl (C=O) groups is 1. The molecule has 0 radical (unpaired) electrons. The van der Waals surface area contributed by atoms with Gasteiger partial charge in [0.25, 0.3) is 0 Å². The van der Waals surface area contributed by atoms with Gasteiger partial charge < -0.3 is 15.6 Å². The van der Waals surface area contributed by atoms with Crippen molar-refractivity contribution < 1.29 is 14.6 Å². The summed E-state index contributed by atoms with van der Waals surface area (Å²) in [5.74, 6) is 0.707. The minimum Gasteiger partial charge on any atom is -0.493 e. The number of thioether (sulfide) groups is 1. The van der Waals surface area contributed by atoms with Gasteiger partial charge in [-0.2, -0.15) is 0 Å². The summed E-state index contributed by atoms with van der Waals surface area (Å²) in [6, 6.07) is 5.57. The predicted octanol–water partition coefficient (Wildman–Crippen LogP) is 4.33. The Balaban J connectivity index is 2.36. The molecule has 0 saturated carbocycles. The van der Waals surface area contributed by atoms with Gasteiger partial charge in [0.15, 0.2) is 0 Å². The van der Waals surface area contributed by atoms with Crippen molar-refractivity contribution in [1.82, 2.24) is 0 Å². The Hall–Kier alpha value is -1.36. The van der Waals surface area contributed by atoms with Crippen LogP contribution >= 0.6 is 11.8 Å². The van der Waals surface area contributed by atoms with Crippen molar-refractivity contribution in [3.05, 3.63) is 23.8 Å². The number of anilines is 1. The standard InChI is InChI=1S/C17H27NO3S/c1-2-3-4-5-6-7-10-21-16-9-8-15(18)11-14(16)12-22-13-17(19)20/h8-9,11H,2-7,10,12-13,18H2,1H3,(H,19,20). The predicted molar refractivity (Wildman–Crippen MR) is 93.5 cm³/mol. The first kappa shape index (κ1) is 18.7. The van der Waals surface area contributed by atoms with Crippen LogP contribution in [0, 0.1) is 0 Å². The number of aliphatic carboxylic acids is 1. The number of carboxylic acid groups (broad SMARTS) is 1. The number of carboxylic acids is 1. The van der Waals surface area contributed by atoms with E-state index in [-0.39, 0.29) is 5.75 Å². The topological polar surface area (TPSA) is 72.5 Å². The summed E-state index contributed by atoms with van der Waals surface area (Å²) in [7, 11) is 0. The van der Waals surface area contributed by atoms with Crippen molar-refractivity contribution in [1.29, 1.82) is 0 Å². The molecule has 4 nitrogen and oxygen atoms in total. The highest BCUT2D eigenvalue weighted by molar-refractivity contribution is 7.99.